The molecule has 100 valence electrons. The first kappa shape index (κ1) is 12.9. The molecule has 0 saturated heterocycles. The molecule has 1 heterocycles. The zero-order valence-electron chi connectivity index (χ0n) is 11.1. The molecule has 1 fully saturated rings. The highest BCUT2D eigenvalue weighted by atomic mass is 16.6. The van der Waals surface area contributed by atoms with E-state index in [9.17, 15) is 10.1 Å². The summed E-state index contributed by atoms with van der Waals surface area (Å²) in [6.07, 6.45) is 4.03. The summed E-state index contributed by atoms with van der Waals surface area (Å²) in [6.45, 7) is 4.05. The molecule has 2 atom stereocenters. The minimum Gasteiger partial charge on any atom is -0.362 e. The van der Waals surface area contributed by atoms with Crippen LogP contribution in [0.1, 0.15) is 38.8 Å². The van der Waals surface area contributed by atoms with E-state index < -0.39 is 0 Å². The highest BCUT2D eigenvalue weighted by Gasteiger charge is 2.39. The van der Waals surface area contributed by atoms with Gasteiger partial charge in [0, 0.05) is 13.1 Å². The van der Waals surface area contributed by atoms with Crippen molar-refractivity contribution >= 4 is 11.5 Å². The van der Waals surface area contributed by atoms with Gasteiger partial charge in [-0.2, -0.15) is 5.10 Å². The van der Waals surface area contributed by atoms with E-state index in [1.54, 1.807) is 11.7 Å². The van der Waals surface area contributed by atoms with E-state index in [4.69, 9.17) is 0 Å². The van der Waals surface area contributed by atoms with Gasteiger partial charge in [0.25, 0.3) is 0 Å². The van der Waals surface area contributed by atoms with Crippen LogP contribution in [0.4, 0.5) is 11.5 Å². The summed E-state index contributed by atoms with van der Waals surface area (Å²) in [5, 5.41) is 18.6. The zero-order chi connectivity index (χ0) is 13.3. The third-order valence-electron chi connectivity index (χ3n) is 3.51. The lowest BCUT2D eigenvalue weighted by molar-refractivity contribution is -0.384. The molecule has 1 N–H and O–H groups in total. The third-order valence-corrected chi connectivity index (χ3v) is 3.51. The van der Waals surface area contributed by atoms with Crippen LogP contribution in [0, 0.1) is 16.0 Å². The number of anilines is 1. The van der Waals surface area contributed by atoms with Gasteiger partial charge < -0.3 is 5.32 Å². The summed E-state index contributed by atoms with van der Waals surface area (Å²) in [4.78, 5) is 10.8. The van der Waals surface area contributed by atoms with Gasteiger partial charge in [-0.05, 0) is 25.2 Å². The molecule has 6 nitrogen and oxygen atoms in total. The molecular weight excluding hydrogens is 232 g/mol. The molecule has 1 saturated carbocycles. The molecule has 2 unspecified atom stereocenters. The van der Waals surface area contributed by atoms with Gasteiger partial charge >= 0.3 is 5.69 Å². The molecule has 0 radical (unpaired) electrons. The SMILES string of the molecule is CCCC1CC1Nc1c([N+](=O)[O-])c(CC)nn1C. The van der Waals surface area contributed by atoms with Crippen LogP contribution in [0.15, 0.2) is 0 Å². The van der Waals surface area contributed by atoms with Crippen LogP contribution in [-0.2, 0) is 13.5 Å². The Morgan fingerprint density at radius 2 is 2.28 bits per heavy atom. The first-order valence-corrected chi connectivity index (χ1v) is 6.55. The van der Waals surface area contributed by atoms with Crippen LogP contribution in [0.3, 0.4) is 0 Å². The second-order valence-corrected chi connectivity index (χ2v) is 4.91. The van der Waals surface area contributed by atoms with Crippen molar-refractivity contribution in [1.82, 2.24) is 9.78 Å². The van der Waals surface area contributed by atoms with Crippen LogP contribution < -0.4 is 5.32 Å². The smallest absolute Gasteiger partial charge is 0.333 e. The third kappa shape index (κ3) is 2.32. The van der Waals surface area contributed by atoms with Gasteiger partial charge in [-0.3, -0.25) is 10.1 Å². The fraction of sp³-hybridized carbons (Fsp3) is 0.750. The predicted octanol–water partition coefficient (Wildman–Crippen LogP) is 2.49. The molecule has 1 aliphatic rings. The summed E-state index contributed by atoms with van der Waals surface area (Å²) in [7, 11) is 1.76. The van der Waals surface area contributed by atoms with Gasteiger partial charge in [0.15, 0.2) is 0 Å². The maximum absolute atomic E-state index is 11.1. The van der Waals surface area contributed by atoms with Crippen LogP contribution in [0.25, 0.3) is 0 Å². The van der Waals surface area contributed by atoms with Crippen LogP contribution in [0.5, 0.6) is 0 Å². The number of hydrogen-bond donors (Lipinski definition) is 1. The summed E-state index contributed by atoms with van der Waals surface area (Å²) >= 11 is 0. The van der Waals surface area contributed by atoms with Gasteiger partial charge in [-0.25, -0.2) is 4.68 Å². The van der Waals surface area contributed by atoms with Gasteiger partial charge in [0.1, 0.15) is 5.69 Å². The molecule has 0 aliphatic heterocycles. The Hall–Kier alpha value is -1.59. The molecule has 6 heteroatoms. The monoisotopic (exact) mass is 252 g/mol. The average molecular weight is 252 g/mol. The van der Waals surface area contributed by atoms with Crippen molar-refractivity contribution in [3.05, 3.63) is 15.8 Å². The first-order chi connectivity index (χ1) is 8.58. The van der Waals surface area contributed by atoms with E-state index in [0.29, 0.717) is 29.9 Å². The van der Waals surface area contributed by atoms with E-state index >= 15 is 0 Å². The van der Waals surface area contributed by atoms with Crippen LogP contribution in [0.2, 0.25) is 0 Å². The van der Waals surface area contributed by atoms with Crippen molar-refractivity contribution in [2.24, 2.45) is 13.0 Å². The maximum Gasteiger partial charge on any atom is 0.333 e. The largest absolute Gasteiger partial charge is 0.362 e. The number of nitro groups is 1. The Morgan fingerprint density at radius 3 is 2.83 bits per heavy atom. The molecule has 0 amide bonds. The topological polar surface area (TPSA) is 73.0 Å². The average Bonchev–Trinajstić information content (AvgIpc) is 2.95. The zero-order valence-corrected chi connectivity index (χ0v) is 11.1. The Bertz CT molecular complexity index is 455. The van der Waals surface area contributed by atoms with Crippen LogP contribution in [-0.4, -0.2) is 20.7 Å². The molecule has 0 aromatic carbocycles. The van der Waals surface area contributed by atoms with Crippen molar-refractivity contribution < 1.29 is 4.92 Å². The van der Waals surface area contributed by atoms with E-state index in [1.165, 1.54) is 6.42 Å². The molecule has 1 aliphatic carbocycles. The molecular formula is C12H20N4O2. The molecule has 2 rings (SSSR count). The molecule has 1 aromatic heterocycles. The summed E-state index contributed by atoms with van der Waals surface area (Å²) < 4.78 is 1.60. The summed E-state index contributed by atoms with van der Waals surface area (Å²) in [5.74, 6) is 1.22. The van der Waals surface area contributed by atoms with Crippen molar-refractivity contribution in [3.63, 3.8) is 0 Å². The minimum absolute atomic E-state index is 0.141. The van der Waals surface area contributed by atoms with Gasteiger partial charge in [-0.15, -0.1) is 0 Å². The lowest BCUT2D eigenvalue weighted by Crippen LogP contribution is -2.10. The highest BCUT2D eigenvalue weighted by Crippen LogP contribution is 2.39. The first-order valence-electron chi connectivity index (χ1n) is 6.55. The number of aryl methyl sites for hydroxylation is 2. The Kier molecular flexibility index (Phi) is 3.54. The summed E-state index contributed by atoms with van der Waals surface area (Å²) in [5.41, 5.74) is 0.694. The quantitative estimate of drug-likeness (QED) is 0.623. The minimum atomic E-state index is -0.328. The standard InChI is InChI=1S/C12H20N4O2/c1-4-6-8-7-10(8)13-12-11(16(17)18)9(5-2)14-15(12)3/h8,10,13H,4-7H2,1-3H3. The number of rotatable bonds is 6. The lowest BCUT2D eigenvalue weighted by atomic mass is 10.2. The Labute approximate surface area is 107 Å². The van der Waals surface area contributed by atoms with Crippen LogP contribution >= 0.6 is 0 Å². The van der Waals surface area contributed by atoms with E-state index in [0.717, 1.165) is 12.8 Å². The van der Waals surface area contributed by atoms with E-state index in [2.05, 4.69) is 17.3 Å². The molecule has 0 bridgehead atoms. The van der Waals surface area contributed by atoms with Crippen molar-refractivity contribution in [2.45, 2.75) is 45.6 Å². The van der Waals surface area contributed by atoms with Gasteiger partial charge in [0.05, 0.1) is 4.92 Å². The van der Waals surface area contributed by atoms with Crippen molar-refractivity contribution in [3.8, 4) is 0 Å². The van der Waals surface area contributed by atoms with Crippen molar-refractivity contribution in [1.29, 1.82) is 0 Å². The van der Waals surface area contributed by atoms with Crippen molar-refractivity contribution in [2.75, 3.05) is 5.32 Å². The lowest BCUT2D eigenvalue weighted by Gasteiger charge is -2.05. The number of aromatic nitrogens is 2. The number of hydrogen-bond acceptors (Lipinski definition) is 4. The molecule has 18 heavy (non-hydrogen) atoms. The fourth-order valence-electron chi connectivity index (χ4n) is 2.45. The highest BCUT2D eigenvalue weighted by molar-refractivity contribution is 5.60. The number of nitrogens with zero attached hydrogens (tertiary/aromatic N) is 3. The second kappa shape index (κ2) is 4.96. The summed E-state index contributed by atoms with van der Waals surface area (Å²) in [6, 6.07) is 0.378. The second-order valence-electron chi connectivity index (χ2n) is 4.91. The molecule has 1 aromatic rings. The normalized spacial score (nSPS) is 21.9. The van der Waals surface area contributed by atoms with E-state index in [1.807, 2.05) is 6.92 Å². The van der Waals surface area contributed by atoms with E-state index in [-0.39, 0.29) is 10.6 Å². The Balaban J connectivity index is 2.17. The molecule has 0 spiro atoms. The maximum atomic E-state index is 11.1. The predicted molar refractivity (Wildman–Crippen MR) is 69.7 cm³/mol. The number of nitrogens with one attached hydrogen (secondary N) is 1. The fourth-order valence-corrected chi connectivity index (χ4v) is 2.45. The van der Waals surface area contributed by atoms with Gasteiger partial charge in [0.2, 0.25) is 5.82 Å². The van der Waals surface area contributed by atoms with Gasteiger partial charge in [-0.1, -0.05) is 20.3 Å². The Morgan fingerprint density at radius 1 is 1.56 bits per heavy atom.